The number of rotatable bonds is 5. The van der Waals surface area contributed by atoms with E-state index in [1.165, 1.54) is 18.2 Å². The van der Waals surface area contributed by atoms with Crippen LogP contribution < -0.4 is 15.8 Å². The molecule has 32 heavy (non-hydrogen) atoms. The lowest BCUT2D eigenvalue weighted by molar-refractivity contribution is -0.117. The zero-order chi connectivity index (χ0) is 22.7. The molecule has 1 fully saturated rings. The third-order valence-electron chi connectivity index (χ3n) is 5.69. The molecule has 0 bridgehead atoms. The number of carbonyl (C=O) groups is 2. The minimum absolute atomic E-state index is 0.210. The Morgan fingerprint density at radius 2 is 1.84 bits per heavy atom. The molecule has 1 aliphatic heterocycles. The maximum Gasteiger partial charge on any atom is 0.337 e. The topological polar surface area (TPSA) is 93.5 Å². The molecule has 2 aromatic carbocycles. The molecule has 1 N–H and O–H groups in total. The lowest BCUT2D eigenvalue weighted by Crippen LogP contribution is -2.38. The molecule has 3 aromatic rings. The van der Waals surface area contributed by atoms with E-state index in [1.807, 2.05) is 18.2 Å². The van der Waals surface area contributed by atoms with Crippen molar-refractivity contribution in [2.75, 3.05) is 30.4 Å². The molecule has 1 aromatic heterocycles. The van der Waals surface area contributed by atoms with E-state index in [0.717, 1.165) is 30.7 Å². The molecule has 8 heteroatoms. The van der Waals surface area contributed by atoms with Crippen LogP contribution in [-0.2, 0) is 16.1 Å². The highest BCUT2D eigenvalue weighted by Gasteiger charge is 2.22. The van der Waals surface area contributed by atoms with Gasteiger partial charge in [0.05, 0.1) is 18.1 Å². The van der Waals surface area contributed by atoms with Crippen LogP contribution in [0.4, 0.5) is 11.5 Å². The van der Waals surface area contributed by atoms with E-state index in [9.17, 15) is 14.4 Å². The molecule has 4 rings (SSSR count). The number of fused-ring (bicyclic) bond motifs is 1. The van der Waals surface area contributed by atoms with E-state index in [0.29, 0.717) is 22.6 Å². The first-order valence-electron chi connectivity index (χ1n) is 10.7. The second-order valence-corrected chi connectivity index (χ2v) is 8.14. The SMILES string of the molecule is COC(=O)c1ccc(NC(=O)Cn2nc(N3CCC[C@H](C)C3)c3ccccc3c2=O)cc1. The van der Waals surface area contributed by atoms with E-state index in [2.05, 4.69) is 27.0 Å². The Kier molecular flexibility index (Phi) is 6.20. The average molecular weight is 434 g/mol. The fraction of sp³-hybridized carbons (Fsp3) is 0.333. The predicted octanol–water partition coefficient (Wildman–Crippen LogP) is 3.06. The predicted molar refractivity (Wildman–Crippen MR) is 123 cm³/mol. The van der Waals surface area contributed by atoms with Crippen LogP contribution >= 0.6 is 0 Å². The van der Waals surface area contributed by atoms with E-state index in [-0.39, 0.29) is 18.0 Å². The third kappa shape index (κ3) is 4.49. The van der Waals surface area contributed by atoms with E-state index < -0.39 is 5.97 Å². The second kappa shape index (κ2) is 9.21. The Morgan fingerprint density at radius 3 is 2.53 bits per heavy atom. The molecule has 1 saturated heterocycles. The van der Waals surface area contributed by atoms with Gasteiger partial charge < -0.3 is 15.0 Å². The maximum absolute atomic E-state index is 13.0. The van der Waals surface area contributed by atoms with Crippen LogP contribution in [0.15, 0.2) is 53.3 Å². The van der Waals surface area contributed by atoms with Gasteiger partial charge in [0, 0.05) is 24.2 Å². The minimum atomic E-state index is -0.450. The van der Waals surface area contributed by atoms with Crippen LogP contribution in [0.2, 0.25) is 0 Å². The van der Waals surface area contributed by atoms with Gasteiger partial charge in [0.15, 0.2) is 5.82 Å². The van der Waals surface area contributed by atoms with Gasteiger partial charge in [-0.15, -0.1) is 0 Å². The molecule has 0 spiro atoms. The Balaban J connectivity index is 1.60. The van der Waals surface area contributed by atoms with Crippen LogP contribution in [0, 0.1) is 5.92 Å². The van der Waals surface area contributed by atoms with Crippen molar-refractivity contribution < 1.29 is 14.3 Å². The summed E-state index contributed by atoms with van der Waals surface area (Å²) in [5.41, 5.74) is 0.602. The lowest BCUT2D eigenvalue weighted by Gasteiger charge is -2.32. The number of aromatic nitrogens is 2. The van der Waals surface area contributed by atoms with E-state index in [4.69, 9.17) is 0 Å². The second-order valence-electron chi connectivity index (χ2n) is 8.14. The van der Waals surface area contributed by atoms with Gasteiger partial charge in [0.1, 0.15) is 6.54 Å². The summed E-state index contributed by atoms with van der Waals surface area (Å²) in [6, 6.07) is 13.8. The molecule has 0 saturated carbocycles. The highest BCUT2D eigenvalue weighted by atomic mass is 16.5. The van der Waals surface area contributed by atoms with Crippen molar-refractivity contribution in [2.24, 2.45) is 5.92 Å². The highest BCUT2D eigenvalue weighted by molar-refractivity contribution is 5.94. The molecule has 8 nitrogen and oxygen atoms in total. The fourth-order valence-corrected chi connectivity index (χ4v) is 4.08. The van der Waals surface area contributed by atoms with Crippen LogP contribution in [0.1, 0.15) is 30.1 Å². The van der Waals surface area contributed by atoms with Gasteiger partial charge in [-0.1, -0.05) is 25.1 Å². The summed E-state index contributed by atoms with van der Waals surface area (Å²) in [4.78, 5) is 39.4. The molecule has 1 aliphatic rings. The van der Waals surface area contributed by atoms with Crippen LogP contribution in [0.25, 0.3) is 10.8 Å². The van der Waals surface area contributed by atoms with Gasteiger partial charge in [0.25, 0.3) is 5.56 Å². The standard InChI is InChI=1S/C24H26N4O4/c1-16-6-5-13-27(14-16)22-19-7-3-4-8-20(19)23(30)28(26-22)15-21(29)25-18-11-9-17(10-12-18)24(31)32-2/h3-4,7-12,16H,5-6,13-15H2,1-2H3,(H,25,29)/t16-/m0/s1. The van der Waals surface area contributed by atoms with Crippen molar-refractivity contribution in [3.05, 3.63) is 64.4 Å². The van der Waals surface area contributed by atoms with Crippen molar-refractivity contribution in [1.82, 2.24) is 9.78 Å². The summed E-state index contributed by atoms with van der Waals surface area (Å²) in [7, 11) is 1.31. The zero-order valence-corrected chi connectivity index (χ0v) is 18.2. The van der Waals surface area contributed by atoms with Crippen LogP contribution in [0.3, 0.4) is 0 Å². The van der Waals surface area contributed by atoms with Crippen molar-refractivity contribution in [3.8, 4) is 0 Å². The summed E-state index contributed by atoms with van der Waals surface area (Å²) in [6.07, 6.45) is 2.24. The number of anilines is 2. The van der Waals surface area contributed by atoms with Crippen molar-refractivity contribution >= 4 is 34.2 Å². The summed E-state index contributed by atoms with van der Waals surface area (Å²) in [5.74, 6) is 0.455. The minimum Gasteiger partial charge on any atom is -0.465 e. The number of benzene rings is 2. The summed E-state index contributed by atoms with van der Waals surface area (Å²) in [5, 5.41) is 8.70. The van der Waals surface area contributed by atoms with Gasteiger partial charge in [-0.05, 0) is 49.1 Å². The Hall–Kier alpha value is -3.68. The molecular formula is C24H26N4O4. The molecule has 0 radical (unpaired) electrons. The van der Waals surface area contributed by atoms with E-state index >= 15 is 0 Å². The lowest BCUT2D eigenvalue weighted by atomic mass is 10.00. The smallest absolute Gasteiger partial charge is 0.337 e. The Bertz CT molecular complexity index is 1200. The summed E-state index contributed by atoms with van der Waals surface area (Å²) >= 11 is 0. The molecule has 0 unspecified atom stereocenters. The van der Waals surface area contributed by atoms with Gasteiger partial charge >= 0.3 is 5.97 Å². The number of nitrogens with one attached hydrogen (secondary N) is 1. The third-order valence-corrected chi connectivity index (χ3v) is 5.69. The molecule has 2 heterocycles. The largest absolute Gasteiger partial charge is 0.465 e. The van der Waals surface area contributed by atoms with Crippen LogP contribution in [-0.4, -0.2) is 41.9 Å². The Labute approximate surface area is 185 Å². The number of esters is 1. The summed E-state index contributed by atoms with van der Waals surface area (Å²) < 4.78 is 5.91. The number of ether oxygens (including phenoxy) is 1. The molecule has 1 amide bonds. The first-order chi connectivity index (χ1) is 15.5. The van der Waals surface area contributed by atoms with Crippen molar-refractivity contribution in [3.63, 3.8) is 0 Å². The average Bonchev–Trinajstić information content (AvgIpc) is 2.81. The number of amides is 1. The first-order valence-corrected chi connectivity index (χ1v) is 10.7. The molecule has 166 valence electrons. The number of piperidine rings is 1. The number of carbonyl (C=O) groups excluding carboxylic acids is 2. The number of nitrogens with zero attached hydrogens (tertiary/aromatic N) is 3. The monoisotopic (exact) mass is 434 g/mol. The van der Waals surface area contributed by atoms with Crippen molar-refractivity contribution in [1.29, 1.82) is 0 Å². The van der Waals surface area contributed by atoms with Crippen LogP contribution in [0.5, 0.6) is 0 Å². The van der Waals surface area contributed by atoms with Gasteiger partial charge in [-0.3, -0.25) is 9.59 Å². The van der Waals surface area contributed by atoms with E-state index in [1.54, 1.807) is 30.3 Å². The number of hydrogen-bond acceptors (Lipinski definition) is 6. The number of methoxy groups -OCH3 is 1. The van der Waals surface area contributed by atoms with Crippen molar-refractivity contribution in [2.45, 2.75) is 26.3 Å². The first kappa shape index (κ1) is 21.5. The summed E-state index contributed by atoms with van der Waals surface area (Å²) in [6.45, 7) is 3.74. The number of hydrogen-bond donors (Lipinski definition) is 1. The molecular weight excluding hydrogens is 408 g/mol. The van der Waals surface area contributed by atoms with Gasteiger partial charge in [-0.25, -0.2) is 9.48 Å². The van der Waals surface area contributed by atoms with Gasteiger partial charge in [0.2, 0.25) is 5.91 Å². The fourth-order valence-electron chi connectivity index (χ4n) is 4.08. The Morgan fingerprint density at radius 1 is 1.12 bits per heavy atom. The zero-order valence-electron chi connectivity index (χ0n) is 18.2. The maximum atomic E-state index is 13.0. The highest BCUT2D eigenvalue weighted by Crippen LogP contribution is 2.26. The van der Waals surface area contributed by atoms with Gasteiger partial charge in [-0.2, -0.15) is 5.10 Å². The molecule has 1 atom stereocenters. The molecule has 0 aliphatic carbocycles. The normalized spacial score (nSPS) is 16.1. The quantitative estimate of drug-likeness (QED) is 0.621.